The molecule has 4 rings (SSSR count). The Morgan fingerprint density at radius 1 is 1.05 bits per heavy atom. The average molecular weight is 528 g/mol. The SMILES string of the molecule is CNC(=O)c1ccc(/C2=C/C(C(=O)NC(C)(C)C)/C=C\C=C/C2)c2[nH]ccc2c(C)oc1-c1ccc(F)cc1. The number of hydrogen-bond donors (Lipinski definition) is 3. The summed E-state index contributed by atoms with van der Waals surface area (Å²) in [5.74, 6) is -0.430. The van der Waals surface area contributed by atoms with Gasteiger partial charge >= 0.3 is 0 Å². The number of hydrogen-bond acceptors (Lipinski definition) is 3. The van der Waals surface area contributed by atoms with Gasteiger partial charge in [-0.1, -0.05) is 36.4 Å². The number of H-pyrrole nitrogens is 1. The van der Waals surface area contributed by atoms with Crippen LogP contribution in [0.25, 0.3) is 27.8 Å². The molecule has 1 aromatic carbocycles. The number of fused-ring (bicyclic) bond motifs is 1. The number of aromatic amines is 1. The van der Waals surface area contributed by atoms with Crippen LogP contribution in [0.4, 0.5) is 4.39 Å². The summed E-state index contributed by atoms with van der Waals surface area (Å²) in [6.07, 6.45) is 12.1. The van der Waals surface area contributed by atoms with E-state index < -0.39 is 5.92 Å². The molecule has 0 radical (unpaired) electrons. The Balaban J connectivity index is 2.01. The van der Waals surface area contributed by atoms with Crippen molar-refractivity contribution in [3.63, 3.8) is 0 Å². The van der Waals surface area contributed by atoms with Crippen molar-refractivity contribution < 1.29 is 18.4 Å². The van der Waals surface area contributed by atoms with Gasteiger partial charge in [-0.2, -0.15) is 0 Å². The van der Waals surface area contributed by atoms with Gasteiger partial charge in [0.05, 0.1) is 17.0 Å². The second-order valence-corrected chi connectivity index (χ2v) is 10.5. The van der Waals surface area contributed by atoms with Crippen molar-refractivity contribution in [2.24, 2.45) is 5.92 Å². The first-order chi connectivity index (χ1) is 18.6. The van der Waals surface area contributed by atoms with E-state index in [0.717, 1.165) is 22.0 Å². The van der Waals surface area contributed by atoms with Gasteiger partial charge in [0.25, 0.3) is 5.91 Å². The Labute approximate surface area is 228 Å². The Kier molecular flexibility index (Phi) is 8.19. The van der Waals surface area contributed by atoms with E-state index in [0.29, 0.717) is 23.5 Å². The van der Waals surface area contributed by atoms with Gasteiger partial charge in [-0.15, -0.1) is 0 Å². The number of benzene rings is 1. The number of halogens is 1. The highest BCUT2D eigenvalue weighted by atomic mass is 19.1. The van der Waals surface area contributed by atoms with Crippen molar-refractivity contribution in [3.05, 3.63) is 102 Å². The van der Waals surface area contributed by atoms with Crippen LogP contribution in [0.2, 0.25) is 0 Å². The first-order valence-corrected chi connectivity index (χ1v) is 12.9. The average Bonchev–Trinajstić information content (AvgIpc) is 3.36. The fourth-order valence-corrected chi connectivity index (χ4v) is 4.48. The Morgan fingerprint density at radius 2 is 1.79 bits per heavy atom. The number of carbonyl (C=O) groups excluding carboxylic acids is 2. The van der Waals surface area contributed by atoms with Crippen LogP contribution < -0.4 is 10.6 Å². The molecule has 202 valence electrons. The smallest absolute Gasteiger partial charge is 0.254 e. The standard InChI is InChI=1S/C32H34FN3O3/c1-20-25-17-18-35-28(25)26(22-9-7-6-8-10-23(19-22)30(37)36-32(2,3)4)15-16-27(31(38)34-5)29(39-20)21-11-13-24(33)14-12-21/h6-8,10-19,23,35H,9H2,1-5H3,(H,34,38)(H,36,37)/b7-6-,10-8-,16-15?,22-19+,25-20?,28-26?,29-27?. The molecule has 1 unspecified atom stereocenters. The third kappa shape index (κ3) is 6.55. The lowest BCUT2D eigenvalue weighted by Crippen LogP contribution is -2.43. The van der Waals surface area contributed by atoms with Crippen LogP contribution in [0.1, 0.15) is 48.9 Å². The van der Waals surface area contributed by atoms with Crippen molar-refractivity contribution >= 4 is 28.3 Å². The van der Waals surface area contributed by atoms with Crippen LogP contribution >= 0.6 is 0 Å². The summed E-state index contributed by atoms with van der Waals surface area (Å²) >= 11 is 0. The molecule has 0 saturated heterocycles. The van der Waals surface area contributed by atoms with Crippen LogP contribution in [-0.4, -0.2) is 29.4 Å². The van der Waals surface area contributed by atoms with Gasteiger partial charge in [-0.3, -0.25) is 9.59 Å². The van der Waals surface area contributed by atoms with E-state index >= 15 is 0 Å². The molecule has 39 heavy (non-hydrogen) atoms. The predicted molar refractivity (Wildman–Crippen MR) is 154 cm³/mol. The molecule has 0 fully saturated rings. The van der Waals surface area contributed by atoms with Gasteiger partial charge in [-0.05, 0) is 76.1 Å². The second kappa shape index (κ2) is 11.6. The molecular formula is C32H34FN3O3. The largest absolute Gasteiger partial charge is 0.460 e. The quantitative estimate of drug-likeness (QED) is 0.349. The van der Waals surface area contributed by atoms with Crippen molar-refractivity contribution in [1.82, 2.24) is 15.6 Å². The van der Waals surface area contributed by atoms with Crippen molar-refractivity contribution in [1.29, 1.82) is 0 Å². The van der Waals surface area contributed by atoms with E-state index in [4.69, 9.17) is 4.42 Å². The van der Waals surface area contributed by atoms with Gasteiger partial charge in [0.2, 0.25) is 5.91 Å². The Morgan fingerprint density at radius 3 is 2.49 bits per heavy atom. The van der Waals surface area contributed by atoms with Crippen LogP contribution in [0.3, 0.4) is 0 Å². The fourth-order valence-electron chi connectivity index (χ4n) is 4.48. The molecule has 2 amide bonds. The van der Waals surface area contributed by atoms with E-state index in [-0.39, 0.29) is 28.7 Å². The molecule has 0 aliphatic heterocycles. The number of aryl methyl sites for hydroxylation is 1. The summed E-state index contributed by atoms with van der Waals surface area (Å²) < 4.78 is 20.0. The molecule has 1 aliphatic rings. The summed E-state index contributed by atoms with van der Waals surface area (Å²) in [7, 11) is 1.55. The summed E-state index contributed by atoms with van der Waals surface area (Å²) in [5, 5.41) is 6.56. The highest BCUT2D eigenvalue weighted by Crippen LogP contribution is 2.32. The van der Waals surface area contributed by atoms with Crippen LogP contribution in [-0.2, 0) is 4.79 Å². The molecule has 1 aliphatic carbocycles. The maximum absolute atomic E-state index is 13.7. The van der Waals surface area contributed by atoms with Gasteiger partial charge < -0.3 is 20.0 Å². The Bertz CT molecular complexity index is 1530. The Hall–Kier alpha value is -4.39. The minimum atomic E-state index is -0.485. The first-order valence-electron chi connectivity index (χ1n) is 12.9. The fraction of sp³-hybridized carbons (Fsp3) is 0.250. The predicted octanol–water partition coefficient (Wildman–Crippen LogP) is 6.79. The highest BCUT2D eigenvalue weighted by molar-refractivity contribution is 6.00. The lowest BCUT2D eigenvalue weighted by Gasteiger charge is -2.23. The van der Waals surface area contributed by atoms with Crippen molar-refractivity contribution in [3.8, 4) is 11.3 Å². The van der Waals surface area contributed by atoms with Crippen LogP contribution in [0, 0.1) is 18.7 Å². The maximum Gasteiger partial charge on any atom is 0.254 e. The summed E-state index contributed by atoms with van der Waals surface area (Å²) in [5.41, 5.74) is 3.03. The summed E-state index contributed by atoms with van der Waals surface area (Å²) in [4.78, 5) is 29.6. The number of allylic oxidation sites excluding steroid dienone is 4. The molecule has 3 aromatic rings. The maximum atomic E-state index is 13.7. The lowest BCUT2D eigenvalue weighted by molar-refractivity contribution is -0.123. The van der Waals surface area contributed by atoms with Crippen LogP contribution in [0.5, 0.6) is 0 Å². The zero-order chi connectivity index (χ0) is 28.2. The monoisotopic (exact) mass is 527 g/mol. The number of rotatable bonds is 4. The zero-order valence-corrected chi connectivity index (χ0v) is 22.9. The van der Waals surface area contributed by atoms with Gasteiger partial charge in [0, 0.05) is 35.3 Å². The van der Waals surface area contributed by atoms with Gasteiger partial charge in [0.15, 0.2) is 0 Å². The number of aromatic nitrogens is 1. The van der Waals surface area contributed by atoms with Crippen molar-refractivity contribution in [2.45, 2.75) is 39.7 Å². The molecular weight excluding hydrogens is 493 g/mol. The molecule has 2 heterocycles. The molecule has 0 saturated carbocycles. The molecule has 1 atom stereocenters. The molecule has 2 aromatic heterocycles. The summed E-state index contributed by atoms with van der Waals surface area (Å²) in [6.45, 7) is 7.68. The normalized spacial score (nSPS) is 18.2. The van der Waals surface area contributed by atoms with E-state index in [1.54, 1.807) is 25.2 Å². The summed E-state index contributed by atoms with van der Waals surface area (Å²) in [6, 6.07) is 11.3. The minimum Gasteiger partial charge on any atom is -0.460 e. The topological polar surface area (TPSA) is 87.1 Å². The number of amides is 2. The van der Waals surface area contributed by atoms with Gasteiger partial charge in [0.1, 0.15) is 17.3 Å². The van der Waals surface area contributed by atoms with Crippen LogP contribution in [0.15, 0.2) is 83.5 Å². The first kappa shape index (κ1) is 27.6. The zero-order valence-electron chi connectivity index (χ0n) is 22.9. The number of nitrogens with one attached hydrogen (secondary N) is 3. The van der Waals surface area contributed by atoms with E-state index in [1.165, 1.54) is 12.1 Å². The lowest BCUT2D eigenvalue weighted by atomic mass is 9.93. The third-order valence-corrected chi connectivity index (χ3v) is 6.32. The highest BCUT2D eigenvalue weighted by Gasteiger charge is 2.22. The molecule has 3 N–H and O–H groups in total. The van der Waals surface area contributed by atoms with E-state index in [9.17, 15) is 14.0 Å². The van der Waals surface area contributed by atoms with E-state index in [2.05, 4.69) is 15.6 Å². The molecule has 7 heteroatoms. The number of carbonyl (C=O) groups is 2. The van der Waals surface area contributed by atoms with Crippen molar-refractivity contribution in [2.75, 3.05) is 7.05 Å². The molecule has 6 nitrogen and oxygen atoms in total. The minimum absolute atomic E-state index is 0.0958. The van der Waals surface area contributed by atoms with Gasteiger partial charge in [-0.25, -0.2) is 4.39 Å². The molecule has 0 spiro atoms. The second-order valence-electron chi connectivity index (χ2n) is 10.5. The van der Waals surface area contributed by atoms with E-state index in [1.807, 2.05) is 76.4 Å². The third-order valence-electron chi connectivity index (χ3n) is 6.32. The molecule has 0 bridgehead atoms.